The lowest BCUT2D eigenvalue weighted by atomic mass is 10.1. The number of ether oxygens (including phenoxy) is 3. The van der Waals surface area contributed by atoms with Gasteiger partial charge in [0.25, 0.3) is 0 Å². The third-order valence-corrected chi connectivity index (χ3v) is 13.7. The van der Waals surface area contributed by atoms with E-state index in [-0.39, 0.29) is 31.1 Å². The lowest BCUT2D eigenvalue weighted by molar-refractivity contribution is -0.167. The molecule has 426 valence electrons. The van der Waals surface area contributed by atoms with Crippen LogP contribution in [0.2, 0.25) is 0 Å². The van der Waals surface area contributed by atoms with Gasteiger partial charge in [-0.05, 0) is 96.3 Å². The molecule has 0 aliphatic carbocycles. The monoisotopic (exact) mass is 1030 g/mol. The maximum absolute atomic E-state index is 12.9. The van der Waals surface area contributed by atoms with Gasteiger partial charge in [-0.2, -0.15) is 0 Å². The topological polar surface area (TPSA) is 78.9 Å². The molecule has 1 atom stereocenters. The number of hydrogen-bond donors (Lipinski definition) is 0. The van der Waals surface area contributed by atoms with E-state index in [9.17, 15) is 14.4 Å². The minimum Gasteiger partial charge on any atom is -0.462 e. The van der Waals surface area contributed by atoms with Gasteiger partial charge in [-0.25, -0.2) is 0 Å². The molecule has 0 heterocycles. The van der Waals surface area contributed by atoms with E-state index in [2.05, 4.69) is 106 Å². The first-order chi connectivity index (χ1) is 36.5. The number of unbranched alkanes of at least 4 members (excludes halogenated alkanes) is 36. The largest absolute Gasteiger partial charge is 0.462 e. The molecule has 0 aromatic rings. The Morgan fingerprint density at radius 1 is 0.270 bits per heavy atom. The van der Waals surface area contributed by atoms with Crippen LogP contribution in [0.5, 0.6) is 0 Å². The average Bonchev–Trinajstić information content (AvgIpc) is 3.40. The van der Waals surface area contributed by atoms with E-state index in [0.717, 1.165) is 77.0 Å². The Labute approximate surface area is 458 Å². The molecule has 0 amide bonds. The Morgan fingerprint density at radius 2 is 0.486 bits per heavy atom. The van der Waals surface area contributed by atoms with Crippen LogP contribution in [-0.4, -0.2) is 37.2 Å². The maximum Gasteiger partial charge on any atom is 0.306 e. The minimum atomic E-state index is -0.790. The predicted octanol–water partition coefficient (Wildman–Crippen LogP) is 21.5. The van der Waals surface area contributed by atoms with Crippen LogP contribution in [-0.2, 0) is 28.6 Å². The molecule has 6 heteroatoms. The third kappa shape index (κ3) is 59.5. The fourth-order valence-corrected chi connectivity index (χ4v) is 8.90. The van der Waals surface area contributed by atoms with Gasteiger partial charge in [-0.1, -0.05) is 279 Å². The number of allylic oxidation sites excluding steroid dienone is 14. The zero-order chi connectivity index (χ0) is 53.6. The van der Waals surface area contributed by atoms with Crippen molar-refractivity contribution in [2.45, 2.75) is 316 Å². The molecule has 0 fully saturated rings. The van der Waals surface area contributed by atoms with E-state index in [1.54, 1.807) is 0 Å². The SMILES string of the molecule is CCCCC/C=C\C=C/CCCCCCCCCCCCC(=O)OCC(COC(=O)CCCCCCC\C=C/C=C\C=C/CCCCCCC)OC(=O)CCCCCCCCCCCC/C=C\C=C/CCCCC. The van der Waals surface area contributed by atoms with Crippen molar-refractivity contribution in [2.75, 3.05) is 13.2 Å². The predicted molar refractivity (Wildman–Crippen MR) is 321 cm³/mol. The van der Waals surface area contributed by atoms with Crippen LogP contribution in [0.25, 0.3) is 0 Å². The van der Waals surface area contributed by atoms with Crippen molar-refractivity contribution in [1.29, 1.82) is 0 Å². The third-order valence-electron chi connectivity index (χ3n) is 13.7. The first kappa shape index (κ1) is 70.6. The number of esters is 3. The normalized spacial score (nSPS) is 12.6. The fourth-order valence-electron chi connectivity index (χ4n) is 8.90. The van der Waals surface area contributed by atoms with E-state index >= 15 is 0 Å². The van der Waals surface area contributed by atoms with E-state index < -0.39 is 6.10 Å². The van der Waals surface area contributed by atoms with Crippen molar-refractivity contribution in [1.82, 2.24) is 0 Å². The molecule has 0 aromatic heterocycles. The molecule has 0 spiro atoms. The summed E-state index contributed by atoms with van der Waals surface area (Å²) in [6.45, 7) is 6.58. The smallest absolute Gasteiger partial charge is 0.306 e. The van der Waals surface area contributed by atoms with E-state index in [1.807, 2.05) is 0 Å². The molecule has 0 radical (unpaired) electrons. The van der Waals surface area contributed by atoms with Gasteiger partial charge in [-0.15, -0.1) is 0 Å². The highest BCUT2D eigenvalue weighted by atomic mass is 16.6. The second kappa shape index (κ2) is 62.1. The van der Waals surface area contributed by atoms with Gasteiger partial charge in [0.05, 0.1) is 0 Å². The van der Waals surface area contributed by atoms with Gasteiger partial charge < -0.3 is 14.2 Å². The van der Waals surface area contributed by atoms with Crippen LogP contribution in [0.15, 0.2) is 85.1 Å². The Morgan fingerprint density at radius 3 is 0.784 bits per heavy atom. The Bertz CT molecular complexity index is 1420. The summed E-state index contributed by atoms with van der Waals surface area (Å²) in [5.74, 6) is -0.901. The highest BCUT2D eigenvalue weighted by molar-refractivity contribution is 5.71. The van der Waals surface area contributed by atoms with Crippen LogP contribution >= 0.6 is 0 Å². The van der Waals surface area contributed by atoms with Gasteiger partial charge in [0.1, 0.15) is 13.2 Å². The van der Waals surface area contributed by atoms with Crippen LogP contribution in [0.1, 0.15) is 310 Å². The first-order valence-corrected chi connectivity index (χ1v) is 31.7. The van der Waals surface area contributed by atoms with Crippen molar-refractivity contribution >= 4 is 17.9 Å². The Balaban J connectivity index is 4.42. The Kier molecular flexibility index (Phi) is 59.3. The highest BCUT2D eigenvalue weighted by Gasteiger charge is 2.19. The summed E-state index contributed by atoms with van der Waals surface area (Å²) in [5.41, 5.74) is 0. The molecule has 0 aliphatic heterocycles. The summed E-state index contributed by atoms with van der Waals surface area (Å²) >= 11 is 0. The van der Waals surface area contributed by atoms with Crippen molar-refractivity contribution < 1.29 is 28.6 Å². The molecule has 1 unspecified atom stereocenters. The number of hydrogen-bond acceptors (Lipinski definition) is 6. The molecule has 0 N–H and O–H groups in total. The number of carbonyl (C=O) groups excluding carboxylic acids is 3. The maximum atomic E-state index is 12.9. The van der Waals surface area contributed by atoms with Crippen LogP contribution < -0.4 is 0 Å². The van der Waals surface area contributed by atoms with Gasteiger partial charge in [0.2, 0.25) is 0 Å². The molecule has 74 heavy (non-hydrogen) atoms. The second-order valence-electron chi connectivity index (χ2n) is 21.1. The molecule has 0 saturated carbocycles. The zero-order valence-electron chi connectivity index (χ0n) is 48.8. The van der Waals surface area contributed by atoms with Crippen LogP contribution in [0, 0.1) is 0 Å². The summed E-state index contributed by atoms with van der Waals surface area (Å²) < 4.78 is 16.9. The van der Waals surface area contributed by atoms with Gasteiger partial charge in [-0.3, -0.25) is 14.4 Å². The summed E-state index contributed by atoms with van der Waals surface area (Å²) in [5, 5.41) is 0. The molecular weight excluding hydrogens is 913 g/mol. The molecule has 6 nitrogen and oxygen atoms in total. The van der Waals surface area contributed by atoms with E-state index in [4.69, 9.17) is 14.2 Å². The zero-order valence-corrected chi connectivity index (χ0v) is 48.8. The fraction of sp³-hybridized carbons (Fsp3) is 0.750. The summed E-state index contributed by atoms with van der Waals surface area (Å²) in [6, 6.07) is 0. The van der Waals surface area contributed by atoms with Crippen molar-refractivity contribution in [3.8, 4) is 0 Å². The molecular formula is C68H118O6. The first-order valence-electron chi connectivity index (χ1n) is 31.7. The quantitative estimate of drug-likeness (QED) is 0.0261. The second-order valence-corrected chi connectivity index (χ2v) is 21.1. The summed E-state index contributed by atoms with van der Waals surface area (Å²) in [6.07, 6.45) is 81.4. The van der Waals surface area contributed by atoms with E-state index in [1.165, 1.54) is 193 Å². The summed E-state index contributed by atoms with van der Waals surface area (Å²) in [4.78, 5) is 38.3. The Hall–Kier alpha value is -3.41. The highest BCUT2D eigenvalue weighted by Crippen LogP contribution is 2.16. The van der Waals surface area contributed by atoms with Crippen molar-refractivity contribution in [3.05, 3.63) is 85.1 Å². The van der Waals surface area contributed by atoms with Gasteiger partial charge >= 0.3 is 17.9 Å². The lowest BCUT2D eigenvalue weighted by Gasteiger charge is -2.18. The minimum absolute atomic E-state index is 0.0856. The van der Waals surface area contributed by atoms with Crippen molar-refractivity contribution in [3.63, 3.8) is 0 Å². The molecule has 0 rings (SSSR count). The van der Waals surface area contributed by atoms with Crippen molar-refractivity contribution in [2.24, 2.45) is 0 Å². The number of carbonyl (C=O) groups is 3. The van der Waals surface area contributed by atoms with Crippen LogP contribution in [0.3, 0.4) is 0 Å². The average molecular weight is 1030 g/mol. The molecule has 0 aromatic carbocycles. The van der Waals surface area contributed by atoms with Gasteiger partial charge in [0.15, 0.2) is 6.10 Å². The standard InChI is InChI=1S/C68H118O6/c1-4-7-10-13-16-19-22-25-28-31-34-37-40-43-46-49-52-55-58-61-67(70)73-64-65(63-72-66(69)60-57-54-51-48-45-42-39-36-33-30-27-24-21-18-15-12-9-6-3)74-68(71)62-59-56-53-50-47-44-41-38-35-32-29-26-23-20-17-14-11-8-5-2/h16-17,19-20,22-27,30,33,36,39,65H,4-15,18,21,28-29,31-32,34-35,37-38,40-64H2,1-3H3/b19-16-,20-17-,25-22-,26-23-,27-24-,33-30-,39-36-. The summed E-state index contributed by atoms with van der Waals surface area (Å²) in [7, 11) is 0. The molecule has 0 aliphatic rings. The molecule has 0 bridgehead atoms. The van der Waals surface area contributed by atoms with Gasteiger partial charge in [0, 0.05) is 19.3 Å². The number of rotatable bonds is 57. The van der Waals surface area contributed by atoms with Crippen LogP contribution in [0.4, 0.5) is 0 Å². The molecule has 0 saturated heterocycles. The lowest BCUT2D eigenvalue weighted by Crippen LogP contribution is -2.30. The van der Waals surface area contributed by atoms with E-state index in [0.29, 0.717) is 19.3 Å².